The van der Waals surface area contributed by atoms with Gasteiger partial charge >= 0.3 is 6.01 Å². The minimum Gasteiger partial charge on any atom is -0.404 e. The molecule has 1 atom stereocenters. The van der Waals surface area contributed by atoms with Crippen LogP contribution in [0.5, 0.6) is 0 Å². The van der Waals surface area contributed by atoms with E-state index in [2.05, 4.69) is 32.7 Å². The van der Waals surface area contributed by atoms with Gasteiger partial charge in [0.25, 0.3) is 11.8 Å². The number of hydrogen-bond donors (Lipinski definition) is 3. The van der Waals surface area contributed by atoms with Crippen molar-refractivity contribution >= 4 is 28.9 Å². The number of nitrogens with one attached hydrogen (secondary N) is 2. The number of benzene rings is 2. The van der Waals surface area contributed by atoms with Gasteiger partial charge in [-0.25, -0.2) is 4.99 Å². The van der Waals surface area contributed by atoms with E-state index in [1.807, 2.05) is 66.7 Å². The van der Waals surface area contributed by atoms with Crippen molar-refractivity contribution in [1.82, 2.24) is 15.2 Å². The summed E-state index contributed by atoms with van der Waals surface area (Å²) in [5.74, 6) is -0.171. The summed E-state index contributed by atoms with van der Waals surface area (Å²) < 4.78 is 5.80. The van der Waals surface area contributed by atoms with Crippen molar-refractivity contribution in [2.24, 2.45) is 10.7 Å². The smallest absolute Gasteiger partial charge is 0.317 e. The Kier molecular flexibility index (Phi) is 6.04. The molecule has 9 heteroatoms. The largest absolute Gasteiger partial charge is 0.404 e. The number of hydrogen-bond acceptors (Lipinski definition) is 8. The maximum atomic E-state index is 13.0. The van der Waals surface area contributed by atoms with Gasteiger partial charge in [-0.2, -0.15) is 0 Å². The zero-order chi connectivity index (χ0) is 24.2. The lowest BCUT2D eigenvalue weighted by Crippen LogP contribution is -2.32. The average Bonchev–Trinajstić information content (AvgIpc) is 3.30. The molecule has 0 saturated carbocycles. The third-order valence-corrected chi connectivity index (χ3v) is 5.58. The molecule has 5 rings (SSSR count). The fourth-order valence-corrected chi connectivity index (χ4v) is 3.80. The molecule has 0 radical (unpaired) electrons. The molecule has 4 aromatic rings. The van der Waals surface area contributed by atoms with Crippen molar-refractivity contribution in [2.75, 3.05) is 10.6 Å². The van der Waals surface area contributed by atoms with E-state index in [-0.39, 0.29) is 17.8 Å². The van der Waals surface area contributed by atoms with Gasteiger partial charge in [0.15, 0.2) is 0 Å². The van der Waals surface area contributed by atoms with Crippen molar-refractivity contribution < 1.29 is 9.21 Å². The molecule has 3 heterocycles. The van der Waals surface area contributed by atoms with E-state index in [4.69, 9.17) is 15.1 Å². The number of fused-ring (bicyclic) bond motifs is 1. The summed E-state index contributed by atoms with van der Waals surface area (Å²) in [5, 5.41) is 14.0. The van der Waals surface area contributed by atoms with Crippen LogP contribution in [0.2, 0.25) is 0 Å². The molecule has 0 bridgehead atoms. The second-order valence-electron chi connectivity index (χ2n) is 7.82. The topological polar surface area (TPSA) is 131 Å². The summed E-state index contributed by atoms with van der Waals surface area (Å²) in [4.78, 5) is 22.1. The lowest BCUT2D eigenvalue weighted by atomic mass is 10.0. The number of rotatable bonds is 6. The number of benzodiazepines with no additional fused rings is 1. The van der Waals surface area contributed by atoms with Gasteiger partial charge in [-0.05, 0) is 30.2 Å². The quantitative estimate of drug-likeness (QED) is 0.396. The van der Waals surface area contributed by atoms with Crippen LogP contribution in [0, 0.1) is 0 Å². The first-order valence-corrected chi connectivity index (χ1v) is 11.2. The lowest BCUT2D eigenvalue weighted by molar-refractivity contribution is -0.116. The van der Waals surface area contributed by atoms with Gasteiger partial charge in [0.2, 0.25) is 6.17 Å². The molecule has 1 aliphatic rings. The monoisotopic (exact) mass is 465 g/mol. The van der Waals surface area contributed by atoms with Crippen LogP contribution in [-0.2, 0) is 11.2 Å². The molecule has 0 saturated heterocycles. The summed E-state index contributed by atoms with van der Waals surface area (Å²) in [6.45, 7) is 2.06. The Balaban J connectivity index is 1.47. The number of carbonyl (C=O) groups is 1. The minimum absolute atomic E-state index is 0.0354. The van der Waals surface area contributed by atoms with Gasteiger partial charge in [-0.15, -0.1) is 5.10 Å². The number of para-hydroxylation sites is 1. The molecule has 35 heavy (non-hydrogen) atoms. The van der Waals surface area contributed by atoms with E-state index in [1.165, 1.54) is 6.20 Å². The van der Waals surface area contributed by atoms with Crippen LogP contribution in [0.1, 0.15) is 35.2 Å². The number of amides is 1. The number of carbonyl (C=O) groups excluding carboxylic acids is 1. The summed E-state index contributed by atoms with van der Waals surface area (Å²) >= 11 is 0. The third kappa shape index (κ3) is 4.51. The van der Waals surface area contributed by atoms with Crippen molar-refractivity contribution in [3.63, 3.8) is 0 Å². The predicted octanol–water partition coefficient (Wildman–Crippen LogP) is 3.60. The molecule has 0 fully saturated rings. The van der Waals surface area contributed by atoms with Gasteiger partial charge in [-0.3, -0.25) is 9.78 Å². The predicted molar refractivity (Wildman–Crippen MR) is 134 cm³/mol. The van der Waals surface area contributed by atoms with Crippen LogP contribution >= 0.6 is 0 Å². The van der Waals surface area contributed by atoms with Crippen LogP contribution < -0.4 is 16.4 Å². The van der Waals surface area contributed by atoms with E-state index in [1.54, 1.807) is 6.20 Å². The first-order chi connectivity index (χ1) is 17.2. The Morgan fingerprint density at radius 3 is 2.71 bits per heavy atom. The van der Waals surface area contributed by atoms with Crippen molar-refractivity contribution in [1.29, 1.82) is 0 Å². The highest BCUT2D eigenvalue weighted by atomic mass is 16.4. The molecule has 9 nitrogen and oxygen atoms in total. The van der Waals surface area contributed by atoms with Crippen LogP contribution in [0.3, 0.4) is 0 Å². The Labute approximate surface area is 201 Å². The second kappa shape index (κ2) is 9.60. The standard InChI is InChI=1S/C26H23N7O2/c1-2-16-12-13-28-21(14-16)19(15-27)25-32-33-26(35-25)31-23-24(34)29-20-11-7-6-10-18(20)22(30-23)17-8-4-3-5-9-17/h3-15,23H,2,27H2,1H3,(H,29,34)(H,31,33). The minimum atomic E-state index is -1.00. The van der Waals surface area contributed by atoms with Crippen LogP contribution in [-0.4, -0.2) is 33.0 Å². The molecule has 1 aliphatic heterocycles. The first-order valence-electron chi connectivity index (χ1n) is 11.2. The number of anilines is 2. The molecule has 0 spiro atoms. The Morgan fingerprint density at radius 2 is 1.91 bits per heavy atom. The molecule has 4 N–H and O–H groups in total. The van der Waals surface area contributed by atoms with Gasteiger partial charge in [0, 0.05) is 23.5 Å². The molecule has 1 amide bonds. The molecule has 174 valence electrons. The maximum absolute atomic E-state index is 13.0. The highest BCUT2D eigenvalue weighted by molar-refractivity contribution is 6.19. The fourth-order valence-electron chi connectivity index (χ4n) is 3.80. The highest BCUT2D eigenvalue weighted by Gasteiger charge is 2.27. The molecular formula is C26H23N7O2. The highest BCUT2D eigenvalue weighted by Crippen LogP contribution is 2.26. The van der Waals surface area contributed by atoms with E-state index in [0.717, 1.165) is 23.1 Å². The van der Waals surface area contributed by atoms with Crippen LogP contribution in [0.4, 0.5) is 11.7 Å². The molecular weight excluding hydrogens is 442 g/mol. The Morgan fingerprint density at radius 1 is 1.11 bits per heavy atom. The van der Waals surface area contributed by atoms with Gasteiger partial charge in [0.05, 0.1) is 22.7 Å². The average molecular weight is 466 g/mol. The summed E-state index contributed by atoms with van der Waals surface area (Å²) in [6.07, 6.45) is 2.93. The van der Waals surface area contributed by atoms with Gasteiger partial charge in [0.1, 0.15) is 0 Å². The maximum Gasteiger partial charge on any atom is 0.317 e. The number of aliphatic imine (C=N–C) groups is 1. The van der Waals surface area contributed by atoms with E-state index in [9.17, 15) is 4.79 Å². The Bertz CT molecular complexity index is 1430. The zero-order valence-electron chi connectivity index (χ0n) is 19.0. The van der Waals surface area contributed by atoms with E-state index < -0.39 is 6.17 Å². The van der Waals surface area contributed by atoms with Crippen molar-refractivity contribution in [3.05, 3.63) is 107 Å². The number of aromatic nitrogens is 3. The van der Waals surface area contributed by atoms with Gasteiger partial charge in [-0.1, -0.05) is 60.6 Å². The van der Waals surface area contributed by atoms with Crippen LogP contribution in [0.15, 0.2) is 88.5 Å². The molecule has 2 aromatic heterocycles. The number of nitrogens with two attached hydrogens (primary N) is 1. The summed E-state index contributed by atoms with van der Waals surface area (Å²) in [6, 6.07) is 21.1. The number of aryl methyl sites for hydroxylation is 1. The molecule has 2 aromatic carbocycles. The molecule has 1 unspecified atom stereocenters. The summed E-state index contributed by atoms with van der Waals surface area (Å²) in [5.41, 5.74) is 11.1. The third-order valence-electron chi connectivity index (χ3n) is 5.58. The SMILES string of the molecule is CCc1ccnc(C(=CN)c2nnc(NC3N=C(c4ccccc4)c4ccccc4NC3=O)o2)c1. The lowest BCUT2D eigenvalue weighted by Gasteiger charge is -2.11. The van der Waals surface area contributed by atoms with Crippen molar-refractivity contribution in [3.8, 4) is 0 Å². The fraction of sp³-hybridized carbons (Fsp3) is 0.115. The van der Waals surface area contributed by atoms with E-state index in [0.29, 0.717) is 22.7 Å². The zero-order valence-corrected chi connectivity index (χ0v) is 19.0. The Hall–Kier alpha value is -4.79. The van der Waals surface area contributed by atoms with Crippen LogP contribution in [0.25, 0.3) is 5.57 Å². The van der Waals surface area contributed by atoms with Crippen molar-refractivity contribution in [2.45, 2.75) is 19.5 Å². The molecule has 0 aliphatic carbocycles. The normalized spacial score (nSPS) is 15.6. The van der Waals surface area contributed by atoms with Gasteiger partial charge < -0.3 is 20.8 Å². The second-order valence-corrected chi connectivity index (χ2v) is 7.82. The van der Waals surface area contributed by atoms with E-state index >= 15 is 0 Å². The first kappa shape index (κ1) is 22.0. The number of pyridine rings is 1. The number of nitrogens with zero attached hydrogens (tertiary/aromatic N) is 4. The summed E-state index contributed by atoms with van der Waals surface area (Å²) in [7, 11) is 0.